The number of carbonyl (C=O) groups excluding carboxylic acids is 1. The highest BCUT2D eigenvalue weighted by molar-refractivity contribution is 9.10. The topological polar surface area (TPSA) is 69.3 Å². The van der Waals surface area contributed by atoms with Gasteiger partial charge in [0.1, 0.15) is 23.9 Å². The number of furan rings is 1. The summed E-state index contributed by atoms with van der Waals surface area (Å²) >= 11 is 9.45. The fourth-order valence-electron chi connectivity index (χ4n) is 3.26. The van der Waals surface area contributed by atoms with Crippen LogP contribution in [0.25, 0.3) is 0 Å². The lowest BCUT2D eigenvalue weighted by Crippen LogP contribution is -2.12. The van der Waals surface area contributed by atoms with Crippen molar-refractivity contribution in [2.24, 2.45) is 0 Å². The number of rotatable bonds is 8. The summed E-state index contributed by atoms with van der Waals surface area (Å²) in [6, 6.07) is 15.6. The van der Waals surface area contributed by atoms with Gasteiger partial charge < -0.3 is 14.5 Å². The fourth-order valence-corrected chi connectivity index (χ4v) is 3.90. The van der Waals surface area contributed by atoms with E-state index in [2.05, 4.69) is 40.2 Å². The molecule has 34 heavy (non-hydrogen) atoms. The van der Waals surface area contributed by atoms with Crippen molar-refractivity contribution in [2.45, 2.75) is 32.9 Å². The van der Waals surface area contributed by atoms with E-state index in [1.54, 1.807) is 24.4 Å². The van der Waals surface area contributed by atoms with Crippen molar-refractivity contribution in [1.82, 2.24) is 9.78 Å². The van der Waals surface area contributed by atoms with Crippen molar-refractivity contribution in [3.63, 3.8) is 0 Å². The van der Waals surface area contributed by atoms with Crippen LogP contribution in [0.1, 0.15) is 47.2 Å². The number of halogens is 3. The minimum absolute atomic E-state index is 0.111. The molecule has 0 unspecified atom stereocenters. The van der Waals surface area contributed by atoms with E-state index in [4.69, 9.17) is 20.8 Å². The lowest BCUT2D eigenvalue weighted by molar-refractivity contribution is 0.0992. The van der Waals surface area contributed by atoms with E-state index >= 15 is 0 Å². The van der Waals surface area contributed by atoms with Gasteiger partial charge in [0.2, 0.25) is 0 Å². The Kier molecular flexibility index (Phi) is 7.38. The quantitative estimate of drug-likeness (QED) is 0.257. The van der Waals surface area contributed by atoms with Crippen LogP contribution >= 0.6 is 27.5 Å². The van der Waals surface area contributed by atoms with Gasteiger partial charge in [0.15, 0.2) is 11.6 Å². The summed E-state index contributed by atoms with van der Waals surface area (Å²) in [4.78, 5) is 12.6. The van der Waals surface area contributed by atoms with E-state index in [0.29, 0.717) is 26.7 Å². The first-order valence-corrected chi connectivity index (χ1v) is 11.8. The lowest BCUT2D eigenvalue weighted by Gasteiger charge is -2.08. The molecule has 0 atom stereocenters. The molecule has 4 rings (SSSR count). The van der Waals surface area contributed by atoms with Gasteiger partial charge in [0.25, 0.3) is 5.91 Å². The van der Waals surface area contributed by atoms with Gasteiger partial charge in [-0.25, -0.2) is 4.39 Å². The first-order valence-electron chi connectivity index (χ1n) is 10.6. The maximum Gasteiger partial charge on any atom is 0.292 e. The Morgan fingerprint density at radius 2 is 1.97 bits per heavy atom. The van der Waals surface area contributed by atoms with Gasteiger partial charge >= 0.3 is 0 Å². The number of hydrogen-bond acceptors (Lipinski definition) is 4. The maximum absolute atomic E-state index is 14.1. The van der Waals surface area contributed by atoms with E-state index in [0.717, 1.165) is 5.75 Å². The third-order valence-electron chi connectivity index (χ3n) is 5.14. The molecule has 0 aliphatic heterocycles. The summed E-state index contributed by atoms with van der Waals surface area (Å²) in [5.74, 6) is 1.18. The predicted octanol–water partition coefficient (Wildman–Crippen LogP) is 7.03. The monoisotopic (exact) mass is 545 g/mol. The number of nitrogens with one attached hydrogen (secondary N) is 1. The zero-order valence-electron chi connectivity index (χ0n) is 18.5. The molecule has 0 fully saturated rings. The van der Waals surface area contributed by atoms with Gasteiger partial charge in [-0.3, -0.25) is 9.48 Å². The summed E-state index contributed by atoms with van der Waals surface area (Å²) in [6.07, 6.45) is 1.63. The van der Waals surface area contributed by atoms with Crippen LogP contribution in [-0.4, -0.2) is 15.7 Å². The summed E-state index contributed by atoms with van der Waals surface area (Å²) < 4.78 is 27.5. The third kappa shape index (κ3) is 5.69. The molecule has 0 aliphatic carbocycles. The Labute approximate surface area is 209 Å². The minimum atomic E-state index is -0.470. The number of benzene rings is 2. The number of amides is 1. The molecule has 2 aromatic carbocycles. The molecule has 4 aromatic rings. The van der Waals surface area contributed by atoms with E-state index < -0.39 is 11.7 Å². The number of hydrogen-bond donors (Lipinski definition) is 1. The van der Waals surface area contributed by atoms with Crippen LogP contribution in [0.15, 0.2) is 69.7 Å². The van der Waals surface area contributed by atoms with Crippen LogP contribution < -0.4 is 10.1 Å². The van der Waals surface area contributed by atoms with E-state index in [1.165, 1.54) is 22.4 Å². The number of nitrogens with zero attached hydrogens (tertiary/aromatic N) is 2. The maximum atomic E-state index is 14.1. The average molecular weight is 547 g/mol. The van der Waals surface area contributed by atoms with Crippen molar-refractivity contribution in [3.8, 4) is 5.75 Å². The predicted molar refractivity (Wildman–Crippen MR) is 132 cm³/mol. The van der Waals surface area contributed by atoms with Crippen molar-refractivity contribution >= 4 is 39.3 Å². The van der Waals surface area contributed by atoms with E-state index in [1.807, 2.05) is 24.3 Å². The van der Waals surface area contributed by atoms with Gasteiger partial charge in [-0.2, -0.15) is 5.10 Å². The molecular formula is C25H22BrClFN3O3. The van der Waals surface area contributed by atoms with Crippen molar-refractivity contribution in [1.29, 1.82) is 0 Å². The summed E-state index contributed by atoms with van der Waals surface area (Å²) in [5, 5.41) is 7.29. The molecule has 0 radical (unpaired) electrons. The largest absolute Gasteiger partial charge is 0.486 e. The van der Waals surface area contributed by atoms with Crippen LogP contribution in [0.4, 0.5) is 10.2 Å². The number of ether oxygens (including phenoxy) is 1. The Morgan fingerprint density at radius 1 is 1.21 bits per heavy atom. The molecule has 176 valence electrons. The zero-order chi connectivity index (χ0) is 24.2. The highest BCUT2D eigenvalue weighted by atomic mass is 79.9. The number of carbonyl (C=O) groups is 1. The van der Waals surface area contributed by atoms with Crippen LogP contribution in [0.2, 0.25) is 5.02 Å². The SMILES string of the molecule is CC(C)c1ccc(OCc2ccc(C(=O)Nc3nn(Cc4c(F)cccc4Cl)cc3Br)o2)cc1. The van der Waals surface area contributed by atoms with Crippen LogP contribution in [-0.2, 0) is 13.2 Å². The number of aromatic nitrogens is 2. The molecule has 1 amide bonds. The standard InChI is InChI=1S/C25H22BrClFN3O3/c1-15(2)16-6-8-17(9-7-16)33-14-18-10-11-23(34-18)25(32)29-24-20(26)13-31(30-24)12-19-21(27)4-3-5-22(19)28/h3-11,13,15H,12,14H2,1-2H3,(H,29,30,32). The molecule has 9 heteroatoms. The van der Waals surface area contributed by atoms with Gasteiger partial charge in [-0.05, 0) is 63.8 Å². The molecule has 0 bridgehead atoms. The molecule has 2 heterocycles. The molecule has 0 saturated carbocycles. The minimum Gasteiger partial charge on any atom is -0.486 e. The normalized spacial score (nSPS) is 11.1. The van der Waals surface area contributed by atoms with Crippen molar-refractivity contribution in [2.75, 3.05) is 5.32 Å². The van der Waals surface area contributed by atoms with Crippen molar-refractivity contribution < 1.29 is 18.3 Å². The summed E-state index contributed by atoms with van der Waals surface area (Å²) in [6.45, 7) is 4.57. The summed E-state index contributed by atoms with van der Waals surface area (Å²) in [5.41, 5.74) is 1.54. The Balaban J connectivity index is 1.37. The summed E-state index contributed by atoms with van der Waals surface area (Å²) in [7, 11) is 0. The lowest BCUT2D eigenvalue weighted by atomic mass is 10.0. The Morgan fingerprint density at radius 3 is 2.68 bits per heavy atom. The van der Waals surface area contributed by atoms with Gasteiger partial charge in [-0.1, -0.05) is 43.6 Å². The van der Waals surface area contributed by atoms with E-state index in [9.17, 15) is 9.18 Å². The number of anilines is 1. The Hall–Kier alpha value is -3.10. The van der Waals surface area contributed by atoms with Gasteiger partial charge in [0, 0.05) is 16.8 Å². The molecule has 0 aliphatic rings. The van der Waals surface area contributed by atoms with Gasteiger partial charge in [0.05, 0.1) is 11.0 Å². The third-order valence-corrected chi connectivity index (χ3v) is 6.08. The highest BCUT2D eigenvalue weighted by Crippen LogP contribution is 2.25. The second-order valence-electron chi connectivity index (χ2n) is 7.96. The fraction of sp³-hybridized carbons (Fsp3) is 0.200. The molecule has 0 saturated heterocycles. The van der Waals surface area contributed by atoms with E-state index in [-0.39, 0.29) is 24.7 Å². The average Bonchev–Trinajstić information content (AvgIpc) is 3.42. The highest BCUT2D eigenvalue weighted by Gasteiger charge is 2.17. The molecule has 0 spiro atoms. The van der Waals surface area contributed by atoms with Crippen molar-refractivity contribution in [3.05, 3.63) is 98.8 Å². The molecule has 6 nitrogen and oxygen atoms in total. The smallest absolute Gasteiger partial charge is 0.292 e. The van der Waals surface area contributed by atoms with Gasteiger partial charge in [-0.15, -0.1) is 0 Å². The van der Waals surface area contributed by atoms with Crippen LogP contribution in [0.5, 0.6) is 5.75 Å². The molecule has 2 aromatic heterocycles. The second-order valence-corrected chi connectivity index (χ2v) is 9.22. The zero-order valence-corrected chi connectivity index (χ0v) is 20.9. The molecule has 1 N–H and O–H groups in total. The first-order chi connectivity index (χ1) is 16.3. The second kappa shape index (κ2) is 10.4. The van der Waals surface area contributed by atoms with Crippen LogP contribution in [0, 0.1) is 5.82 Å². The first kappa shape index (κ1) is 24.0. The Bertz CT molecular complexity index is 1280. The molecular weight excluding hydrogens is 525 g/mol. The van der Waals surface area contributed by atoms with Crippen LogP contribution in [0.3, 0.4) is 0 Å².